The van der Waals surface area contributed by atoms with Gasteiger partial charge in [-0.3, -0.25) is 0 Å². The molecule has 2 rings (SSSR count). The van der Waals surface area contributed by atoms with Gasteiger partial charge in [-0.25, -0.2) is 0 Å². The highest BCUT2D eigenvalue weighted by atomic mass is 16.5. The van der Waals surface area contributed by atoms with E-state index in [0.29, 0.717) is 0 Å². The van der Waals surface area contributed by atoms with Gasteiger partial charge < -0.3 is 15.2 Å². The maximum Gasteiger partial charge on any atom is 0.120 e. The monoisotopic (exact) mass is 235 g/mol. The Morgan fingerprint density at radius 3 is 2.94 bits per heavy atom. The van der Waals surface area contributed by atoms with Crippen molar-refractivity contribution in [2.45, 2.75) is 44.9 Å². The predicted octanol–water partition coefficient (Wildman–Crippen LogP) is 2.65. The van der Waals surface area contributed by atoms with Crippen molar-refractivity contribution >= 4 is 0 Å². The fourth-order valence-electron chi connectivity index (χ4n) is 2.18. The van der Waals surface area contributed by atoms with E-state index in [2.05, 4.69) is 6.07 Å². The molecule has 0 spiro atoms. The number of hydrogen-bond acceptors (Lipinski definition) is 3. The summed E-state index contributed by atoms with van der Waals surface area (Å²) >= 11 is 0. The van der Waals surface area contributed by atoms with Crippen LogP contribution in [-0.4, -0.2) is 18.8 Å². The Morgan fingerprint density at radius 2 is 2.24 bits per heavy atom. The molecule has 1 aromatic rings. The molecule has 2 atom stereocenters. The average Bonchev–Trinajstić information content (AvgIpc) is 2.29. The second-order valence-electron chi connectivity index (χ2n) is 4.84. The highest BCUT2D eigenvalue weighted by molar-refractivity contribution is 5.31. The molecule has 17 heavy (non-hydrogen) atoms. The topological polar surface area (TPSA) is 44.5 Å². The molecule has 1 aromatic carbocycles. The van der Waals surface area contributed by atoms with Crippen LogP contribution in [0.15, 0.2) is 24.3 Å². The maximum atomic E-state index is 6.10. The molecule has 2 N–H and O–H groups in total. The van der Waals surface area contributed by atoms with Crippen molar-refractivity contribution in [2.75, 3.05) is 6.61 Å². The normalized spacial score (nSPS) is 24.9. The Balaban J connectivity index is 2.14. The molecule has 1 aliphatic rings. The van der Waals surface area contributed by atoms with E-state index in [1.807, 2.05) is 32.0 Å². The zero-order valence-electron chi connectivity index (χ0n) is 10.6. The van der Waals surface area contributed by atoms with Gasteiger partial charge in [0.15, 0.2) is 0 Å². The summed E-state index contributed by atoms with van der Waals surface area (Å²) in [5.41, 5.74) is 7.22. The summed E-state index contributed by atoms with van der Waals surface area (Å²) in [6.07, 6.45) is 2.28. The number of benzene rings is 1. The van der Waals surface area contributed by atoms with Crippen LogP contribution in [0.1, 0.15) is 38.4 Å². The van der Waals surface area contributed by atoms with Crippen molar-refractivity contribution < 1.29 is 9.47 Å². The molecule has 1 fully saturated rings. The fraction of sp³-hybridized carbons (Fsp3) is 0.571. The average molecular weight is 235 g/mol. The smallest absolute Gasteiger partial charge is 0.120 e. The molecule has 3 heteroatoms. The van der Waals surface area contributed by atoms with Crippen LogP contribution in [-0.2, 0) is 4.74 Å². The van der Waals surface area contributed by atoms with E-state index >= 15 is 0 Å². The van der Waals surface area contributed by atoms with Gasteiger partial charge in [-0.15, -0.1) is 0 Å². The van der Waals surface area contributed by atoms with Gasteiger partial charge in [0.2, 0.25) is 0 Å². The molecule has 0 bridgehead atoms. The lowest BCUT2D eigenvalue weighted by atomic mass is 9.97. The van der Waals surface area contributed by atoms with Crippen molar-refractivity contribution in [3.05, 3.63) is 29.8 Å². The quantitative estimate of drug-likeness (QED) is 0.876. The number of nitrogens with two attached hydrogens (primary N) is 1. The first kappa shape index (κ1) is 12.4. The van der Waals surface area contributed by atoms with Crippen LogP contribution < -0.4 is 10.5 Å². The summed E-state index contributed by atoms with van der Waals surface area (Å²) in [6, 6.07) is 8.16. The van der Waals surface area contributed by atoms with E-state index in [1.54, 1.807) is 0 Å². The van der Waals surface area contributed by atoms with Crippen LogP contribution in [0.5, 0.6) is 5.75 Å². The molecule has 0 amide bonds. The Labute approximate surface area is 103 Å². The summed E-state index contributed by atoms with van der Waals surface area (Å²) < 4.78 is 11.4. The first-order valence-corrected chi connectivity index (χ1v) is 6.30. The minimum Gasteiger partial charge on any atom is -0.491 e. The molecular formula is C14H21NO2. The molecular weight excluding hydrogens is 214 g/mol. The molecule has 1 aliphatic heterocycles. The first-order chi connectivity index (χ1) is 8.16. The molecule has 1 heterocycles. The van der Waals surface area contributed by atoms with Crippen molar-refractivity contribution in [3.63, 3.8) is 0 Å². The van der Waals surface area contributed by atoms with Crippen molar-refractivity contribution in [1.82, 2.24) is 0 Å². The number of ether oxygens (including phenoxy) is 2. The third kappa shape index (κ3) is 3.20. The fourth-order valence-corrected chi connectivity index (χ4v) is 2.18. The summed E-state index contributed by atoms with van der Waals surface area (Å²) in [5.74, 6) is 0.888. The van der Waals surface area contributed by atoms with Gasteiger partial charge in [0.05, 0.1) is 12.2 Å². The van der Waals surface area contributed by atoms with E-state index in [1.165, 1.54) is 0 Å². The van der Waals surface area contributed by atoms with E-state index in [-0.39, 0.29) is 18.2 Å². The molecule has 0 aromatic heterocycles. The van der Waals surface area contributed by atoms with Crippen LogP contribution in [0.3, 0.4) is 0 Å². The second-order valence-corrected chi connectivity index (χ2v) is 4.84. The van der Waals surface area contributed by atoms with Gasteiger partial charge in [0, 0.05) is 12.6 Å². The minimum atomic E-state index is 0.0134. The zero-order chi connectivity index (χ0) is 12.3. The van der Waals surface area contributed by atoms with Crippen LogP contribution in [0.4, 0.5) is 0 Å². The minimum absolute atomic E-state index is 0.0134. The Morgan fingerprint density at radius 1 is 1.41 bits per heavy atom. The SMILES string of the molecule is CC(C)Oc1cccc(C2OCCCC2N)c1. The Bertz CT molecular complexity index is 365. The lowest BCUT2D eigenvalue weighted by molar-refractivity contribution is -0.0000161. The van der Waals surface area contributed by atoms with E-state index in [4.69, 9.17) is 15.2 Å². The second kappa shape index (κ2) is 5.52. The van der Waals surface area contributed by atoms with Crippen molar-refractivity contribution in [2.24, 2.45) is 5.73 Å². The summed E-state index contributed by atoms with van der Waals surface area (Å²) in [5, 5.41) is 0. The standard InChI is InChI=1S/C14H21NO2/c1-10(2)17-12-6-3-5-11(9-12)14-13(15)7-4-8-16-14/h3,5-6,9-10,13-14H,4,7-8,15H2,1-2H3. The lowest BCUT2D eigenvalue weighted by Crippen LogP contribution is -2.34. The molecule has 0 saturated carbocycles. The van der Waals surface area contributed by atoms with Gasteiger partial charge in [-0.1, -0.05) is 12.1 Å². The van der Waals surface area contributed by atoms with Gasteiger partial charge in [-0.2, -0.15) is 0 Å². The molecule has 2 unspecified atom stereocenters. The molecule has 1 saturated heterocycles. The number of rotatable bonds is 3. The molecule has 0 aliphatic carbocycles. The van der Waals surface area contributed by atoms with Crippen LogP contribution in [0, 0.1) is 0 Å². The maximum absolute atomic E-state index is 6.10. The molecule has 94 valence electrons. The van der Waals surface area contributed by atoms with Crippen molar-refractivity contribution in [3.8, 4) is 5.75 Å². The van der Waals surface area contributed by atoms with Gasteiger partial charge in [0.1, 0.15) is 5.75 Å². The highest BCUT2D eigenvalue weighted by Crippen LogP contribution is 2.29. The van der Waals surface area contributed by atoms with Crippen molar-refractivity contribution in [1.29, 1.82) is 0 Å². The Hall–Kier alpha value is -1.06. The Kier molecular flexibility index (Phi) is 4.02. The van der Waals surface area contributed by atoms with Gasteiger partial charge in [-0.05, 0) is 44.4 Å². The van der Waals surface area contributed by atoms with Gasteiger partial charge in [0.25, 0.3) is 0 Å². The first-order valence-electron chi connectivity index (χ1n) is 6.30. The van der Waals surface area contributed by atoms with E-state index < -0.39 is 0 Å². The van der Waals surface area contributed by atoms with Crippen LogP contribution in [0.25, 0.3) is 0 Å². The van der Waals surface area contributed by atoms with Gasteiger partial charge >= 0.3 is 0 Å². The van der Waals surface area contributed by atoms with E-state index in [9.17, 15) is 0 Å². The zero-order valence-corrected chi connectivity index (χ0v) is 10.6. The van der Waals surface area contributed by atoms with E-state index in [0.717, 1.165) is 30.8 Å². The highest BCUT2D eigenvalue weighted by Gasteiger charge is 2.24. The lowest BCUT2D eigenvalue weighted by Gasteiger charge is -2.29. The number of hydrogen-bond donors (Lipinski definition) is 1. The molecule has 0 radical (unpaired) electrons. The van der Waals surface area contributed by atoms with Crippen LogP contribution >= 0.6 is 0 Å². The third-order valence-electron chi connectivity index (χ3n) is 2.93. The molecule has 3 nitrogen and oxygen atoms in total. The third-order valence-corrected chi connectivity index (χ3v) is 2.93. The summed E-state index contributed by atoms with van der Waals surface area (Å²) in [7, 11) is 0. The van der Waals surface area contributed by atoms with Crippen LogP contribution in [0.2, 0.25) is 0 Å². The summed E-state index contributed by atoms with van der Waals surface area (Å²) in [4.78, 5) is 0. The predicted molar refractivity (Wildman–Crippen MR) is 68.1 cm³/mol. The summed E-state index contributed by atoms with van der Waals surface area (Å²) in [6.45, 7) is 4.85. The largest absolute Gasteiger partial charge is 0.491 e.